The van der Waals surface area contributed by atoms with Gasteiger partial charge in [-0.25, -0.2) is 0 Å². The van der Waals surface area contributed by atoms with Gasteiger partial charge in [-0.05, 0) is 43.7 Å². The number of ether oxygens (including phenoxy) is 1. The highest BCUT2D eigenvalue weighted by Crippen LogP contribution is 2.48. The molecule has 6 nitrogen and oxygen atoms in total. The lowest BCUT2D eigenvalue weighted by Gasteiger charge is -2.14. The van der Waals surface area contributed by atoms with Gasteiger partial charge in [0.15, 0.2) is 0 Å². The van der Waals surface area contributed by atoms with E-state index in [0.717, 1.165) is 59.8 Å². The summed E-state index contributed by atoms with van der Waals surface area (Å²) in [5.74, 6) is 0. The smallest absolute Gasteiger partial charge is 0.262 e. The van der Waals surface area contributed by atoms with Crippen LogP contribution < -0.4 is 11.3 Å². The predicted octanol–water partition coefficient (Wildman–Crippen LogP) is 2.20. The summed E-state index contributed by atoms with van der Waals surface area (Å²) in [5, 5.41) is 9.37. The summed E-state index contributed by atoms with van der Waals surface area (Å²) in [4.78, 5) is 13.2. The van der Waals surface area contributed by atoms with E-state index in [-0.39, 0.29) is 11.0 Å². The second kappa shape index (κ2) is 6.28. The van der Waals surface area contributed by atoms with E-state index >= 15 is 0 Å². The minimum Gasteiger partial charge on any atom is -0.384 e. The third-order valence-corrected chi connectivity index (χ3v) is 5.30. The molecule has 1 fully saturated rings. The van der Waals surface area contributed by atoms with Crippen molar-refractivity contribution in [2.45, 2.75) is 32.2 Å². The van der Waals surface area contributed by atoms with Crippen molar-refractivity contribution >= 4 is 21.8 Å². The van der Waals surface area contributed by atoms with Gasteiger partial charge in [-0.1, -0.05) is 18.2 Å². The number of aromatic amines is 1. The molecular formula is C19H24N4O2. The van der Waals surface area contributed by atoms with Crippen LogP contribution in [0.1, 0.15) is 25.0 Å². The van der Waals surface area contributed by atoms with Gasteiger partial charge in [0, 0.05) is 24.7 Å². The van der Waals surface area contributed by atoms with Crippen LogP contribution in [0.3, 0.4) is 0 Å². The number of aryl methyl sites for hydroxylation is 1. The van der Waals surface area contributed by atoms with E-state index in [1.165, 1.54) is 0 Å². The van der Waals surface area contributed by atoms with Gasteiger partial charge in [0.25, 0.3) is 5.56 Å². The Morgan fingerprint density at radius 2 is 2.16 bits per heavy atom. The summed E-state index contributed by atoms with van der Waals surface area (Å²) in [6, 6.07) is 7.95. The van der Waals surface area contributed by atoms with E-state index in [0.29, 0.717) is 13.1 Å². The Bertz CT molecular complexity index is 969. The molecule has 1 aliphatic rings. The molecule has 4 rings (SSSR count). The van der Waals surface area contributed by atoms with Crippen molar-refractivity contribution in [2.24, 2.45) is 11.1 Å². The molecule has 0 bridgehead atoms. The fourth-order valence-corrected chi connectivity index (χ4v) is 3.79. The van der Waals surface area contributed by atoms with Crippen molar-refractivity contribution in [1.29, 1.82) is 0 Å². The molecule has 25 heavy (non-hydrogen) atoms. The number of nitrogens with one attached hydrogen (secondary N) is 1. The number of hydrogen-bond donors (Lipinski definition) is 2. The van der Waals surface area contributed by atoms with E-state index in [1.54, 1.807) is 7.11 Å². The number of pyridine rings is 1. The van der Waals surface area contributed by atoms with E-state index < -0.39 is 0 Å². The molecule has 1 aromatic carbocycles. The minimum absolute atomic E-state index is 0.0270. The van der Waals surface area contributed by atoms with Crippen LogP contribution in [0, 0.1) is 5.41 Å². The predicted molar refractivity (Wildman–Crippen MR) is 98.8 cm³/mol. The zero-order valence-corrected chi connectivity index (χ0v) is 14.5. The molecule has 2 heterocycles. The fourth-order valence-electron chi connectivity index (χ4n) is 3.79. The molecule has 0 aliphatic heterocycles. The van der Waals surface area contributed by atoms with Crippen molar-refractivity contribution < 1.29 is 4.74 Å². The zero-order chi connectivity index (χ0) is 17.4. The second-order valence-electron chi connectivity index (χ2n) is 7.15. The van der Waals surface area contributed by atoms with Crippen LogP contribution in [0.2, 0.25) is 0 Å². The maximum atomic E-state index is 13.2. The van der Waals surface area contributed by atoms with Gasteiger partial charge in [-0.15, -0.1) is 0 Å². The van der Waals surface area contributed by atoms with Crippen LogP contribution >= 0.6 is 0 Å². The van der Waals surface area contributed by atoms with Crippen molar-refractivity contribution in [3.63, 3.8) is 0 Å². The summed E-state index contributed by atoms with van der Waals surface area (Å²) < 4.78 is 7.22. The Balaban J connectivity index is 1.90. The molecule has 0 radical (unpaired) electrons. The SMILES string of the molecule is COCC1(Cc2[nH]nc3c2c(=O)n(CCCN)c2ccccc32)CC1. The first-order valence-electron chi connectivity index (χ1n) is 8.87. The lowest BCUT2D eigenvalue weighted by Crippen LogP contribution is -2.23. The standard InChI is InChI=1S/C19H24N4O2/c1-25-12-19(7-8-19)11-14-16-17(22-21-14)13-5-2-3-6-15(13)23(18(16)24)10-4-9-20/h2-3,5-6H,4,7-12,20H2,1H3,(H,21,22). The van der Waals surface area contributed by atoms with E-state index in [2.05, 4.69) is 10.2 Å². The Labute approximate surface area is 146 Å². The molecule has 132 valence electrons. The van der Waals surface area contributed by atoms with Gasteiger partial charge >= 0.3 is 0 Å². The number of methoxy groups -OCH3 is 1. The van der Waals surface area contributed by atoms with Crippen LogP contribution in [0.4, 0.5) is 0 Å². The van der Waals surface area contributed by atoms with Crippen LogP contribution in [0.25, 0.3) is 21.8 Å². The zero-order valence-electron chi connectivity index (χ0n) is 14.5. The summed E-state index contributed by atoms with van der Waals surface area (Å²) in [5.41, 5.74) is 8.48. The van der Waals surface area contributed by atoms with Gasteiger partial charge in [-0.2, -0.15) is 5.10 Å². The highest BCUT2D eigenvalue weighted by molar-refractivity contribution is 6.04. The largest absolute Gasteiger partial charge is 0.384 e. The normalized spacial score (nSPS) is 15.9. The highest BCUT2D eigenvalue weighted by Gasteiger charge is 2.43. The lowest BCUT2D eigenvalue weighted by atomic mass is 9.99. The fraction of sp³-hybridized carbons (Fsp3) is 0.474. The number of rotatable bonds is 7. The minimum atomic E-state index is 0.0270. The molecule has 6 heteroatoms. The highest BCUT2D eigenvalue weighted by atomic mass is 16.5. The average Bonchev–Trinajstić information content (AvgIpc) is 3.24. The summed E-state index contributed by atoms with van der Waals surface area (Å²) in [6.07, 6.45) is 3.85. The Hall–Kier alpha value is -2.18. The van der Waals surface area contributed by atoms with Crippen molar-refractivity contribution in [1.82, 2.24) is 14.8 Å². The molecule has 0 atom stereocenters. The first-order chi connectivity index (χ1) is 12.2. The summed E-state index contributed by atoms with van der Waals surface area (Å²) in [6.45, 7) is 1.91. The molecule has 0 amide bonds. The number of nitrogens with two attached hydrogens (primary N) is 1. The molecule has 1 aliphatic carbocycles. The molecule has 0 saturated heterocycles. The number of para-hydroxylation sites is 1. The molecule has 3 aromatic rings. The molecule has 2 aromatic heterocycles. The first-order valence-corrected chi connectivity index (χ1v) is 8.87. The van der Waals surface area contributed by atoms with Crippen LogP contribution in [0.5, 0.6) is 0 Å². The van der Waals surface area contributed by atoms with Gasteiger partial charge in [0.2, 0.25) is 0 Å². The monoisotopic (exact) mass is 340 g/mol. The van der Waals surface area contributed by atoms with E-state index in [9.17, 15) is 4.79 Å². The third-order valence-electron chi connectivity index (χ3n) is 5.30. The molecule has 0 spiro atoms. The number of benzene rings is 1. The number of aromatic nitrogens is 3. The Kier molecular flexibility index (Phi) is 4.09. The van der Waals surface area contributed by atoms with Crippen LogP contribution in [-0.2, 0) is 17.7 Å². The van der Waals surface area contributed by atoms with Crippen LogP contribution in [-0.4, -0.2) is 35.0 Å². The summed E-state index contributed by atoms with van der Waals surface area (Å²) in [7, 11) is 1.73. The third kappa shape index (κ3) is 2.75. The van der Waals surface area contributed by atoms with Gasteiger partial charge < -0.3 is 15.0 Å². The van der Waals surface area contributed by atoms with Gasteiger partial charge in [0.05, 0.1) is 17.5 Å². The number of fused-ring (bicyclic) bond motifs is 3. The quantitative estimate of drug-likeness (QED) is 0.690. The molecule has 0 unspecified atom stereocenters. The average molecular weight is 340 g/mol. The Morgan fingerprint density at radius 1 is 1.36 bits per heavy atom. The maximum Gasteiger partial charge on any atom is 0.262 e. The molecule has 1 saturated carbocycles. The number of nitrogens with zero attached hydrogens (tertiary/aromatic N) is 2. The van der Waals surface area contributed by atoms with Crippen LogP contribution in [0.15, 0.2) is 29.1 Å². The second-order valence-corrected chi connectivity index (χ2v) is 7.15. The summed E-state index contributed by atoms with van der Waals surface area (Å²) >= 11 is 0. The van der Waals surface area contributed by atoms with E-state index in [1.807, 2.05) is 28.8 Å². The van der Waals surface area contributed by atoms with Crippen molar-refractivity contribution in [2.75, 3.05) is 20.3 Å². The van der Waals surface area contributed by atoms with Gasteiger partial charge in [-0.3, -0.25) is 9.89 Å². The molecule has 3 N–H and O–H groups in total. The van der Waals surface area contributed by atoms with E-state index in [4.69, 9.17) is 10.5 Å². The molecular weight excluding hydrogens is 316 g/mol. The lowest BCUT2D eigenvalue weighted by molar-refractivity contribution is 0.140. The van der Waals surface area contributed by atoms with Crippen molar-refractivity contribution in [3.05, 3.63) is 40.3 Å². The first kappa shape index (κ1) is 16.3. The Morgan fingerprint density at radius 3 is 2.88 bits per heavy atom. The topological polar surface area (TPSA) is 85.9 Å². The van der Waals surface area contributed by atoms with Gasteiger partial charge in [0.1, 0.15) is 5.52 Å². The van der Waals surface area contributed by atoms with Crippen molar-refractivity contribution in [3.8, 4) is 0 Å². The number of H-pyrrole nitrogens is 1. The number of hydrogen-bond acceptors (Lipinski definition) is 4. The maximum absolute atomic E-state index is 13.2.